The van der Waals surface area contributed by atoms with E-state index in [1.165, 1.54) is 15.9 Å². The predicted molar refractivity (Wildman–Crippen MR) is 150 cm³/mol. The highest BCUT2D eigenvalue weighted by Crippen LogP contribution is 2.25. The van der Waals surface area contributed by atoms with E-state index < -0.39 is 34.0 Å². The Hall–Kier alpha value is -3.78. The van der Waals surface area contributed by atoms with Crippen LogP contribution in [0.4, 0.5) is 4.79 Å². The van der Waals surface area contributed by atoms with Crippen LogP contribution in [-0.4, -0.2) is 104 Å². The number of hydrogen-bond donors (Lipinski definition) is 2. The summed E-state index contributed by atoms with van der Waals surface area (Å²) in [6.07, 6.45) is 4.40. The third-order valence-corrected chi connectivity index (χ3v) is 7.52. The lowest BCUT2D eigenvalue weighted by molar-refractivity contribution is -0.134. The molecule has 1 saturated carbocycles. The zero-order chi connectivity index (χ0) is 29.4. The van der Waals surface area contributed by atoms with Crippen LogP contribution in [0.1, 0.15) is 43.1 Å². The molecule has 0 spiro atoms. The predicted octanol–water partition coefficient (Wildman–Crippen LogP) is 1.41. The van der Waals surface area contributed by atoms with Gasteiger partial charge in [0, 0.05) is 44.4 Å². The molecule has 0 radical (unpaired) electrons. The van der Waals surface area contributed by atoms with Crippen molar-refractivity contribution in [2.24, 2.45) is 0 Å². The average Bonchev–Trinajstić information content (AvgIpc) is 3.48. The molecule has 222 valence electrons. The van der Waals surface area contributed by atoms with E-state index >= 15 is 0 Å². The van der Waals surface area contributed by atoms with Crippen LogP contribution in [0.15, 0.2) is 36.4 Å². The number of carbonyl (C=O) groups excluding carboxylic acids is 3. The first-order valence-electron chi connectivity index (χ1n) is 13.7. The molecule has 1 aliphatic carbocycles. The van der Waals surface area contributed by atoms with Crippen molar-refractivity contribution in [3.63, 3.8) is 0 Å². The summed E-state index contributed by atoms with van der Waals surface area (Å²) in [6.45, 7) is 2.50. The van der Waals surface area contributed by atoms with Gasteiger partial charge in [-0.2, -0.15) is 4.98 Å². The lowest BCUT2D eigenvalue weighted by Gasteiger charge is -2.36. The Morgan fingerprint density at radius 2 is 1.68 bits per heavy atom. The summed E-state index contributed by atoms with van der Waals surface area (Å²) in [5.74, 6) is -0.626. The third kappa shape index (κ3) is 8.60. The van der Waals surface area contributed by atoms with Crippen LogP contribution in [0.3, 0.4) is 0 Å². The molecule has 1 atom stereocenters. The van der Waals surface area contributed by atoms with E-state index in [1.54, 1.807) is 6.92 Å². The van der Waals surface area contributed by atoms with Crippen LogP contribution in [-0.2, 0) is 19.6 Å². The Morgan fingerprint density at radius 3 is 2.32 bits per heavy atom. The topological polar surface area (TPSA) is 160 Å². The first kappa shape index (κ1) is 30.2. The molecule has 1 aromatic heterocycles. The molecule has 3 amide bonds. The van der Waals surface area contributed by atoms with E-state index in [1.807, 2.05) is 30.3 Å². The smallest absolute Gasteiger partial charge is 0.409 e. The molecule has 0 bridgehead atoms. The molecule has 2 fully saturated rings. The van der Waals surface area contributed by atoms with Crippen molar-refractivity contribution in [1.82, 2.24) is 29.8 Å². The highest BCUT2D eigenvalue weighted by atomic mass is 32.2. The third-order valence-electron chi connectivity index (χ3n) is 6.83. The van der Waals surface area contributed by atoms with Crippen molar-refractivity contribution >= 4 is 27.9 Å². The number of nitrogens with zero attached hydrogens (tertiary/aromatic N) is 4. The van der Waals surface area contributed by atoms with Crippen molar-refractivity contribution < 1.29 is 32.3 Å². The second-order valence-corrected chi connectivity index (χ2v) is 11.8. The quantitative estimate of drug-likeness (QED) is 0.418. The molecule has 13 nitrogen and oxygen atoms in total. The molecule has 1 saturated heterocycles. The molecule has 1 aliphatic heterocycles. The summed E-state index contributed by atoms with van der Waals surface area (Å²) in [5, 5.41) is 2.65. The minimum absolute atomic E-state index is 0.00834. The van der Waals surface area contributed by atoms with E-state index in [-0.39, 0.29) is 57.0 Å². The van der Waals surface area contributed by atoms with Gasteiger partial charge in [-0.1, -0.05) is 30.3 Å². The Balaban J connectivity index is 1.54. The lowest BCUT2D eigenvalue weighted by Crippen LogP contribution is -2.58. The molecular formula is C27H36N6O7S. The second-order valence-electron chi connectivity index (χ2n) is 9.96. The van der Waals surface area contributed by atoms with Gasteiger partial charge in [-0.15, -0.1) is 0 Å². The van der Waals surface area contributed by atoms with Gasteiger partial charge in [-0.25, -0.2) is 22.9 Å². The number of ether oxygens (including phenoxy) is 2. The lowest BCUT2D eigenvalue weighted by atomic mass is 10.2. The minimum Gasteiger partial charge on any atom is -0.474 e. The zero-order valence-corrected chi connectivity index (χ0v) is 24.1. The van der Waals surface area contributed by atoms with Crippen LogP contribution >= 0.6 is 0 Å². The van der Waals surface area contributed by atoms with Crippen molar-refractivity contribution in [3.8, 4) is 17.3 Å². The van der Waals surface area contributed by atoms with Crippen LogP contribution < -0.4 is 14.8 Å². The van der Waals surface area contributed by atoms with Crippen LogP contribution in [0.5, 0.6) is 5.88 Å². The van der Waals surface area contributed by atoms with Gasteiger partial charge in [0.15, 0.2) is 5.82 Å². The molecule has 4 rings (SSSR count). The number of hydrogen-bond acceptors (Lipinski definition) is 9. The summed E-state index contributed by atoms with van der Waals surface area (Å²) < 4.78 is 37.1. The second kappa shape index (κ2) is 13.7. The van der Waals surface area contributed by atoms with Crippen LogP contribution in [0.2, 0.25) is 0 Å². The van der Waals surface area contributed by atoms with Crippen LogP contribution in [0.25, 0.3) is 11.4 Å². The average molecular weight is 589 g/mol. The molecule has 2 aliphatic rings. The largest absolute Gasteiger partial charge is 0.474 e. The maximum Gasteiger partial charge on any atom is 0.409 e. The molecule has 2 N–H and O–H groups in total. The standard InChI is InChI=1S/C27H36N6O7S/c1-3-39-27(36)33-15-13-32(14-16-33)26(35)22(18-28-41(2,37)38)30-25(34)21-17-23(40-20-11-7-8-12-20)31-24(29-21)19-9-5-4-6-10-19/h4-6,9-10,17,20,22,28H,3,7-8,11-16,18H2,1-2H3,(H,30,34)/t22-/m0/s1. The molecular weight excluding hydrogens is 552 g/mol. The first-order valence-corrected chi connectivity index (χ1v) is 15.6. The highest BCUT2D eigenvalue weighted by Gasteiger charge is 2.32. The van der Waals surface area contributed by atoms with E-state index in [0.29, 0.717) is 11.4 Å². The normalized spacial score (nSPS) is 16.7. The number of sulfonamides is 1. The van der Waals surface area contributed by atoms with Crippen molar-refractivity contribution in [1.29, 1.82) is 0 Å². The monoisotopic (exact) mass is 588 g/mol. The molecule has 41 heavy (non-hydrogen) atoms. The fraction of sp³-hybridized carbons (Fsp3) is 0.519. The van der Waals surface area contributed by atoms with Crippen LogP contribution in [0, 0.1) is 0 Å². The summed E-state index contributed by atoms with van der Waals surface area (Å²) >= 11 is 0. The number of benzene rings is 1. The molecule has 2 aromatic rings. The summed E-state index contributed by atoms with van der Waals surface area (Å²) in [4.78, 5) is 50.9. The molecule has 14 heteroatoms. The van der Waals surface area contributed by atoms with E-state index in [9.17, 15) is 22.8 Å². The number of piperazine rings is 1. The van der Waals surface area contributed by atoms with Gasteiger partial charge >= 0.3 is 6.09 Å². The number of carbonyl (C=O) groups is 3. The van der Waals surface area contributed by atoms with Gasteiger partial charge in [0.1, 0.15) is 17.8 Å². The van der Waals surface area contributed by atoms with Crippen molar-refractivity contribution in [3.05, 3.63) is 42.1 Å². The maximum absolute atomic E-state index is 13.5. The summed E-state index contributed by atoms with van der Waals surface area (Å²) in [5.41, 5.74) is 0.667. The number of nitrogens with one attached hydrogen (secondary N) is 2. The van der Waals surface area contributed by atoms with Crippen molar-refractivity contribution in [2.45, 2.75) is 44.8 Å². The van der Waals surface area contributed by atoms with Gasteiger partial charge in [0.05, 0.1) is 12.9 Å². The Bertz CT molecular complexity index is 1330. The number of aromatic nitrogens is 2. The highest BCUT2D eigenvalue weighted by molar-refractivity contribution is 7.88. The van der Waals surface area contributed by atoms with E-state index in [2.05, 4.69) is 20.0 Å². The summed E-state index contributed by atoms with van der Waals surface area (Å²) in [6, 6.07) is 9.35. The molecule has 0 unspecified atom stereocenters. The number of amides is 3. The minimum atomic E-state index is -3.66. The molecule has 2 heterocycles. The van der Waals surface area contributed by atoms with E-state index in [0.717, 1.165) is 31.9 Å². The number of rotatable bonds is 10. The fourth-order valence-corrected chi connectivity index (χ4v) is 5.18. The first-order chi connectivity index (χ1) is 19.6. The maximum atomic E-state index is 13.5. The zero-order valence-electron chi connectivity index (χ0n) is 23.2. The van der Waals surface area contributed by atoms with Gasteiger partial charge in [-0.05, 0) is 32.6 Å². The van der Waals surface area contributed by atoms with Gasteiger partial charge in [0.25, 0.3) is 5.91 Å². The van der Waals surface area contributed by atoms with Crippen molar-refractivity contribution in [2.75, 3.05) is 45.6 Å². The fourth-order valence-electron chi connectivity index (χ4n) is 4.71. The van der Waals surface area contributed by atoms with Gasteiger partial charge < -0.3 is 24.6 Å². The van der Waals surface area contributed by atoms with E-state index in [4.69, 9.17) is 9.47 Å². The Morgan fingerprint density at radius 1 is 1.02 bits per heavy atom. The van der Waals surface area contributed by atoms with Gasteiger partial charge in [0.2, 0.25) is 21.8 Å². The van der Waals surface area contributed by atoms with Gasteiger partial charge in [-0.3, -0.25) is 9.59 Å². The Kier molecular flexibility index (Phi) is 10.1. The summed E-state index contributed by atoms with van der Waals surface area (Å²) in [7, 11) is -3.66. The SMILES string of the molecule is CCOC(=O)N1CCN(C(=O)[C@H](CNS(C)(=O)=O)NC(=O)c2cc(OC3CCCC3)nc(-c3ccccc3)n2)CC1. The Labute approximate surface area is 239 Å². The molecule has 1 aromatic carbocycles.